The SMILES string of the molecule is CC(C)(C)[Si](OCC1Cc2c(ccc(F)c2Br)C=N1)(c1ccccc1)c1ccccc1. The summed E-state index contributed by atoms with van der Waals surface area (Å²) in [6.07, 6.45) is 2.50. The van der Waals surface area contributed by atoms with Crippen LogP contribution in [0, 0.1) is 5.82 Å². The van der Waals surface area contributed by atoms with Gasteiger partial charge in [-0.05, 0) is 55.0 Å². The van der Waals surface area contributed by atoms with Crippen molar-refractivity contribution >= 4 is 40.8 Å². The first-order chi connectivity index (χ1) is 14.8. The highest BCUT2D eigenvalue weighted by atomic mass is 79.9. The fourth-order valence-electron chi connectivity index (χ4n) is 4.49. The number of hydrogen-bond donors (Lipinski definition) is 0. The summed E-state index contributed by atoms with van der Waals surface area (Å²) in [5, 5.41) is 2.42. The molecule has 5 heteroatoms. The molecule has 0 aromatic heterocycles. The number of benzene rings is 3. The first-order valence-corrected chi connectivity index (χ1v) is 13.3. The summed E-state index contributed by atoms with van der Waals surface area (Å²) >= 11 is 3.42. The molecule has 0 saturated heterocycles. The lowest BCUT2D eigenvalue weighted by molar-refractivity contribution is 0.271. The van der Waals surface area contributed by atoms with Crippen molar-refractivity contribution in [3.05, 3.63) is 94.2 Å². The normalized spacial score (nSPS) is 16.2. The summed E-state index contributed by atoms with van der Waals surface area (Å²) in [6.45, 7) is 7.30. The molecule has 1 heterocycles. The highest BCUT2D eigenvalue weighted by molar-refractivity contribution is 9.10. The molecule has 0 bridgehead atoms. The van der Waals surface area contributed by atoms with Gasteiger partial charge in [-0.15, -0.1) is 0 Å². The molecule has 3 aromatic rings. The third kappa shape index (κ3) is 4.19. The maximum absolute atomic E-state index is 14.1. The second-order valence-electron chi connectivity index (χ2n) is 9.04. The molecule has 1 atom stereocenters. The average Bonchev–Trinajstić information content (AvgIpc) is 2.77. The lowest BCUT2D eigenvalue weighted by Crippen LogP contribution is -2.67. The van der Waals surface area contributed by atoms with E-state index >= 15 is 0 Å². The van der Waals surface area contributed by atoms with Crippen LogP contribution in [0.1, 0.15) is 31.9 Å². The lowest BCUT2D eigenvalue weighted by atomic mass is 9.98. The third-order valence-electron chi connectivity index (χ3n) is 6.01. The van der Waals surface area contributed by atoms with Crippen molar-refractivity contribution in [3.63, 3.8) is 0 Å². The number of nitrogens with zero attached hydrogens (tertiary/aromatic N) is 1. The molecule has 1 aliphatic rings. The smallest absolute Gasteiger partial charge is 0.261 e. The maximum atomic E-state index is 14.1. The summed E-state index contributed by atoms with van der Waals surface area (Å²) in [6, 6.07) is 24.4. The Balaban J connectivity index is 1.70. The summed E-state index contributed by atoms with van der Waals surface area (Å²) in [5.41, 5.74) is 1.93. The van der Waals surface area contributed by atoms with Crippen LogP contribution in [0.4, 0.5) is 4.39 Å². The van der Waals surface area contributed by atoms with Gasteiger partial charge < -0.3 is 4.43 Å². The predicted molar refractivity (Wildman–Crippen MR) is 133 cm³/mol. The molecule has 2 nitrogen and oxygen atoms in total. The van der Waals surface area contributed by atoms with Crippen LogP contribution in [0.15, 0.2) is 82.3 Å². The fraction of sp³-hybridized carbons (Fsp3) is 0.269. The minimum Gasteiger partial charge on any atom is -0.405 e. The molecule has 160 valence electrons. The van der Waals surface area contributed by atoms with E-state index in [4.69, 9.17) is 9.42 Å². The van der Waals surface area contributed by atoms with Crippen LogP contribution in [0.3, 0.4) is 0 Å². The summed E-state index contributed by atoms with van der Waals surface area (Å²) in [4.78, 5) is 4.74. The van der Waals surface area contributed by atoms with E-state index in [1.807, 2.05) is 18.3 Å². The molecule has 4 rings (SSSR count). The van der Waals surface area contributed by atoms with Gasteiger partial charge in [0.15, 0.2) is 0 Å². The van der Waals surface area contributed by atoms with Crippen LogP contribution in [-0.2, 0) is 10.8 Å². The van der Waals surface area contributed by atoms with Crippen molar-refractivity contribution in [3.8, 4) is 0 Å². The van der Waals surface area contributed by atoms with Gasteiger partial charge in [-0.25, -0.2) is 4.39 Å². The first kappa shape index (κ1) is 22.1. The summed E-state index contributed by atoms with van der Waals surface area (Å²) in [5.74, 6) is -0.235. The number of rotatable bonds is 5. The third-order valence-corrected chi connectivity index (χ3v) is 11.9. The maximum Gasteiger partial charge on any atom is 0.261 e. The first-order valence-electron chi connectivity index (χ1n) is 10.6. The zero-order valence-electron chi connectivity index (χ0n) is 18.1. The van der Waals surface area contributed by atoms with Gasteiger partial charge >= 0.3 is 0 Å². The monoisotopic (exact) mass is 495 g/mol. The Morgan fingerprint density at radius 1 is 0.968 bits per heavy atom. The van der Waals surface area contributed by atoms with Crippen molar-refractivity contribution < 1.29 is 8.82 Å². The van der Waals surface area contributed by atoms with Crippen molar-refractivity contribution in [1.82, 2.24) is 0 Å². The van der Waals surface area contributed by atoms with E-state index in [1.54, 1.807) is 6.07 Å². The van der Waals surface area contributed by atoms with Crippen LogP contribution in [-0.4, -0.2) is 27.2 Å². The van der Waals surface area contributed by atoms with Gasteiger partial charge in [0.2, 0.25) is 0 Å². The van der Waals surface area contributed by atoms with Crippen LogP contribution in [0.25, 0.3) is 0 Å². The zero-order valence-corrected chi connectivity index (χ0v) is 20.7. The minimum absolute atomic E-state index is 0.0488. The van der Waals surface area contributed by atoms with E-state index < -0.39 is 8.32 Å². The number of fused-ring (bicyclic) bond motifs is 1. The van der Waals surface area contributed by atoms with E-state index in [0.717, 1.165) is 11.1 Å². The zero-order chi connectivity index (χ0) is 22.1. The Labute approximate surface area is 193 Å². The number of aliphatic imine (C=N–C) groups is 1. The molecule has 0 N–H and O–H groups in total. The van der Waals surface area contributed by atoms with Crippen molar-refractivity contribution in [2.75, 3.05) is 6.61 Å². The van der Waals surface area contributed by atoms with Crippen LogP contribution in [0.5, 0.6) is 0 Å². The van der Waals surface area contributed by atoms with E-state index in [9.17, 15) is 4.39 Å². The Morgan fingerprint density at radius 2 is 1.55 bits per heavy atom. The summed E-state index contributed by atoms with van der Waals surface area (Å²) in [7, 11) is -2.61. The minimum atomic E-state index is -2.61. The largest absolute Gasteiger partial charge is 0.405 e. The molecule has 3 aromatic carbocycles. The van der Waals surface area contributed by atoms with Gasteiger partial charge in [-0.1, -0.05) is 87.5 Å². The Hall–Kier alpha value is -2.08. The van der Waals surface area contributed by atoms with Gasteiger partial charge in [-0.2, -0.15) is 0 Å². The van der Waals surface area contributed by atoms with E-state index in [0.29, 0.717) is 17.5 Å². The van der Waals surface area contributed by atoms with E-state index in [2.05, 4.69) is 85.2 Å². The Kier molecular flexibility index (Phi) is 6.29. The average molecular weight is 496 g/mol. The molecular formula is C26H27BrFNOSi. The van der Waals surface area contributed by atoms with Crippen LogP contribution >= 0.6 is 15.9 Å². The van der Waals surface area contributed by atoms with Gasteiger partial charge in [0.25, 0.3) is 8.32 Å². The predicted octanol–water partition coefficient (Wildman–Crippen LogP) is 5.51. The molecule has 0 saturated carbocycles. The van der Waals surface area contributed by atoms with Crippen molar-refractivity contribution in [1.29, 1.82) is 0 Å². The van der Waals surface area contributed by atoms with Gasteiger partial charge in [0.05, 0.1) is 17.1 Å². The second kappa shape index (κ2) is 8.81. The van der Waals surface area contributed by atoms with E-state index in [-0.39, 0.29) is 16.9 Å². The number of halogens is 2. The molecule has 31 heavy (non-hydrogen) atoms. The molecule has 1 aliphatic heterocycles. The molecule has 0 spiro atoms. The fourth-order valence-corrected chi connectivity index (χ4v) is 9.62. The van der Waals surface area contributed by atoms with Gasteiger partial charge in [0, 0.05) is 6.21 Å². The van der Waals surface area contributed by atoms with Crippen molar-refractivity contribution in [2.24, 2.45) is 4.99 Å². The Morgan fingerprint density at radius 3 is 2.10 bits per heavy atom. The van der Waals surface area contributed by atoms with Crippen LogP contribution in [0.2, 0.25) is 5.04 Å². The topological polar surface area (TPSA) is 21.6 Å². The summed E-state index contributed by atoms with van der Waals surface area (Å²) < 4.78 is 21.6. The van der Waals surface area contributed by atoms with Crippen molar-refractivity contribution in [2.45, 2.75) is 38.3 Å². The second-order valence-corrected chi connectivity index (χ2v) is 14.1. The molecule has 1 unspecified atom stereocenters. The molecule has 0 radical (unpaired) electrons. The molecular weight excluding hydrogens is 469 g/mol. The lowest BCUT2D eigenvalue weighted by Gasteiger charge is -2.43. The molecule has 0 fully saturated rings. The number of hydrogen-bond acceptors (Lipinski definition) is 2. The molecule has 0 amide bonds. The standard InChI is InChI=1S/C26H27BrFNOSi/c1-26(2,3)31(21-10-6-4-7-11-21,22-12-8-5-9-13-22)30-18-20-16-23-19(17-29-20)14-15-24(28)25(23)27/h4-15,17,20H,16,18H2,1-3H3. The van der Waals surface area contributed by atoms with Crippen LogP contribution < -0.4 is 10.4 Å². The van der Waals surface area contributed by atoms with Gasteiger partial charge in [0.1, 0.15) is 5.82 Å². The quantitative estimate of drug-likeness (QED) is 0.427. The Bertz CT molecular complexity index is 1040. The van der Waals surface area contributed by atoms with E-state index in [1.165, 1.54) is 16.4 Å². The molecule has 0 aliphatic carbocycles. The highest BCUT2D eigenvalue weighted by Crippen LogP contribution is 2.37. The van der Waals surface area contributed by atoms with Gasteiger partial charge in [-0.3, -0.25) is 4.99 Å². The highest BCUT2D eigenvalue weighted by Gasteiger charge is 2.50.